The second kappa shape index (κ2) is 23.0. The number of esters is 1. The van der Waals surface area contributed by atoms with Gasteiger partial charge in [-0.2, -0.15) is 4.57 Å². The molecule has 0 aromatic carbocycles. The van der Waals surface area contributed by atoms with Gasteiger partial charge in [0.05, 0.1) is 24.7 Å². The van der Waals surface area contributed by atoms with E-state index in [0.717, 1.165) is 52.0 Å². The minimum absolute atomic E-state index is 0.0357. The van der Waals surface area contributed by atoms with Crippen LogP contribution in [0.1, 0.15) is 129 Å². The van der Waals surface area contributed by atoms with E-state index in [1.807, 2.05) is 0 Å². The number of hydrogen-bond acceptors (Lipinski definition) is 5. The number of aromatic nitrogens is 1. The lowest BCUT2D eigenvalue weighted by molar-refractivity contribution is -0.692. The number of carbonyl (C=O) groups is 1. The van der Waals surface area contributed by atoms with Crippen LogP contribution in [0.4, 0.5) is 0 Å². The van der Waals surface area contributed by atoms with E-state index in [9.17, 15) is 4.79 Å². The highest BCUT2D eigenvalue weighted by Crippen LogP contribution is 2.21. The summed E-state index contributed by atoms with van der Waals surface area (Å²) < 4.78 is 19.4. The molecule has 1 aromatic heterocycles. The zero-order valence-corrected chi connectivity index (χ0v) is 24.7. The zero-order chi connectivity index (χ0) is 26.2. The van der Waals surface area contributed by atoms with E-state index in [-0.39, 0.29) is 12.1 Å². The van der Waals surface area contributed by atoms with Crippen molar-refractivity contribution in [1.82, 2.24) is 0 Å². The van der Waals surface area contributed by atoms with Gasteiger partial charge in [-0.3, -0.25) is 4.79 Å². The lowest BCUT2D eigenvalue weighted by Gasteiger charge is -2.11. The van der Waals surface area contributed by atoms with Crippen LogP contribution in [-0.4, -0.2) is 38.5 Å². The number of unbranched alkanes of at least 4 members (excludes halogenated alkanes) is 15. The molecule has 5 nitrogen and oxygen atoms in total. The van der Waals surface area contributed by atoms with Gasteiger partial charge in [0.15, 0.2) is 6.20 Å². The van der Waals surface area contributed by atoms with Crippen molar-refractivity contribution in [2.24, 2.45) is 5.92 Å². The molecular formula is C31H56NO4S+. The van der Waals surface area contributed by atoms with Gasteiger partial charge in [-0.1, -0.05) is 102 Å². The normalized spacial score (nSPS) is 17.4. The molecule has 2 rings (SSSR count). The molecule has 2 heterocycles. The minimum Gasteiger partial charge on any atom is -0.463 e. The van der Waals surface area contributed by atoms with Gasteiger partial charge < -0.3 is 14.2 Å². The van der Waals surface area contributed by atoms with Crippen LogP contribution in [0.25, 0.3) is 0 Å². The van der Waals surface area contributed by atoms with Crippen molar-refractivity contribution < 1.29 is 23.6 Å². The molecule has 1 aliphatic heterocycles. The van der Waals surface area contributed by atoms with Crippen LogP contribution >= 0.6 is 11.3 Å². The lowest BCUT2D eigenvalue weighted by Crippen LogP contribution is -2.29. The van der Waals surface area contributed by atoms with E-state index in [4.69, 9.17) is 14.2 Å². The topological polar surface area (TPSA) is 48.6 Å². The first kappa shape index (κ1) is 32.2. The van der Waals surface area contributed by atoms with Crippen LogP contribution in [0.2, 0.25) is 0 Å². The Kier molecular flexibility index (Phi) is 20.0. The highest BCUT2D eigenvalue weighted by atomic mass is 32.1. The molecular weight excluding hydrogens is 482 g/mol. The van der Waals surface area contributed by atoms with Crippen molar-refractivity contribution >= 4 is 17.3 Å². The van der Waals surface area contributed by atoms with E-state index in [1.54, 1.807) is 11.3 Å². The summed E-state index contributed by atoms with van der Waals surface area (Å²) >= 11 is 1.71. The summed E-state index contributed by atoms with van der Waals surface area (Å²) in [5.74, 6) is 0.342. The molecule has 1 saturated heterocycles. The Bertz CT molecular complexity index is 639. The average Bonchev–Trinajstić information content (AvgIpc) is 3.59. The predicted molar refractivity (Wildman–Crippen MR) is 153 cm³/mol. The average molecular weight is 539 g/mol. The molecule has 0 spiro atoms. The summed E-state index contributed by atoms with van der Waals surface area (Å²) in [7, 11) is 0. The second-order valence-corrected chi connectivity index (χ2v) is 11.7. The molecule has 0 unspecified atom stereocenters. The summed E-state index contributed by atoms with van der Waals surface area (Å²) in [5.41, 5.74) is 2.12. The van der Waals surface area contributed by atoms with E-state index in [1.165, 1.54) is 89.9 Å². The van der Waals surface area contributed by atoms with Crippen LogP contribution in [0.5, 0.6) is 0 Å². The van der Waals surface area contributed by atoms with Gasteiger partial charge >= 0.3 is 5.97 Å². The van der Waals surface area contributed by atoms with Crippen molar-refractivity contribution in [3.8, 4) is 0 Å². The smallest absolute Gasteiger partial charge is 0.305 e. The fraction of sp³-hybridized carbons (Fsp3) is 0.871. The Hall–Kier alpha value is -0.980. The number of thiazole rings is 1. The number of aryl methyl sites for hydroxylation is 1. The number of carbonyl (C=O) groups excluding carboxylic acids is 1. The van der Waals surface area contributed by atoms with Gasteiger partial charge in [0, 0.05) is 25.4 Å². The van der Waals surface area contributed by atoms with Gasteiger partial charge in [-0.15, -0.1) is 0 Å². The molecule has 6 heteroatoms. The maximum atomic E-state index is 12.0. The van der Waals surface area contributed by atoms with Gasteiger partial charge in [-0.05, 0) is 25.7 Å². The number of hydrogen-bond donors (Lipinski definition) is 0. The summed E-state index contributed by atoms with van der Waals surface area (Å²) in [4.78, 5) is 12.0. The van der Waals surface area contributed by atoms with Crippen LogP contribution in [0, 0.1) is 5.92 Å². The Labute approximate surface area is 231 Å². The number of rotatable bonds is 25. The van der Waals surface area contributed by atoms with Gasteiger partial charge in [0.25, 0.3) is 0 Å². The largest absolute Gasteiger partial charge is 0.463 e. The van der Waals surface area contributed by atoms with Crippen LogP contribution in [-0.2, 0) is 25.5 Å². The highest BCUT2D eigenvalue weighted by Gasteiger charge is 2.26. The third-order valence-electron chi connectivity index (χ3n) is 7.41. The molecule has 214 valence electrons. The Balaban J connectivity index is 1.29. The molecule has 1 fully saturated rings. The van der Waals surface area contributed by atoms with Crippen molar-refractivity contribution in [1.29, 1.82) is 0 Å². The molecule has 1 aliphatic rings. The van der Waals surface area contributed by atoms with Crippen molar-refractivity contribution in [2.45, 2.75) is 142 Å². The minimum atomic E-state index is -0.0932. The first-order valence-corrected chi connectivity index (χ1v) is 16.5. The fourth-order valence-electron chi connectivity index (χ4n) is 5.05. The highest BCUT2D eigenvalue weighted by molar-refractivity contribution is 7.07. The molecule has 0 radical (unpaired) electrons. The van der Waals surface area contributed by atoms with Crippen molar-refractivity contribution in [3.05, 3.63) is 17.1 Å². The molecule has 1 aromatic rings. The summed E-state index contributed by atoms with van der Waals surface area (Å²) in [6.45, 7) is 6.05. The van der Waals surface area contributed by atoms with Crippen molar-refractivity contribution in [2.75, 3.05) is 26.4 Å². The third-order valence-corrected chi connectivity index (χ3v) is 8.09. The first-order chi connectivity index (χ1) is 18.3. The molecule has 0 aliphatic carbocycles. The summed E-state index contributed by atoms with van der Waals surface area (Å²) in [6, 6.07) is 0. The summed E-state index contributed by atoms with van der Waals surface area (Å²) in [5, 5.41) is 2.08. The monoisotopic (exact) mass is 538 g/mol. The SMILES string of the molecule is CCCCCCCCCCCCCCCCOC[C@H]1CO[C@H](COC(=O)CCCCC[n+]2ccsc2)C1. The maximum Gasteiger partial charge on any atom is 0.305 e. The van der Waals surface area contributed by atoms with E-state index >= 15 is 0 Å². The van der Waals surface area contributed by atoms with Gasteiger partial charge in [-0.25, -0.2) is 0 Å². The lowest BCUT2D eigenvalue weighted by atomic mass is 10.0. The van der Waals surface area contributed by atoms with Gasteiger partial charge in [0.2, 0.25) is 5.51 Å². The molecule has 0 amide bonds. The van der Waals surface area contributed by atoms with Crippen molar-refractivity contribution in [3.63, 3.8) is 0 Å². The Morgan fingerprint density at radius 3 is 2.16 bits per heavy atom. The van der Waals surface area contributed by atoms with Gasteiger partial charge in [0.1, 0.15) is 13.2 Å². The second-order valence-electron chi connectivity index (χ2n) is 11.0. The quantitative estimate of drug-likeness (QED) is 0.0718. The molecule has 0 bridgehead atoms. The molecule has 37 heavy (non-hydrogen) atoms. The fourth-order valence-corrected chi connectivity index (χ4v) is 5.68. The Morgan fingerprint density at radius 1 is 0.865 bits per heavy atom. The Morgan fingerprint density at radius 2 is 1.51 bits per heavy atom. The molecule has 0 saturated carbocycles. The van der Waals surface area contributed by atoms with E-state index in [0.29, 0.717) is 18.9 Å². The first-order valence-electron chi connectivity index (χ1n) is 15.5. The van der Waals surface area contributed by atoms with E-state index < -0.39 is 0 Å². The predicted octanol–water partition coefficient (Wildman–Crippen LogP) is 8.04. The molecule has 0 N–H and O–H groups in total. The van der Waals surface area contributed by atoms with Crippen LogP contribution < -0.4 is 4.57 Å². The van der Waals surface area contributed by atoms with E-state index in [2.05, 4.69) is 28.6 Å². The van der Waals surface area contributed by atoms with Crippen LogP contribution in [0.3, 0.4) is 0 Å². The number of ether oxygens (including phenoxy) is 3. The maximum absolute atomic E-state index is 12.0. The van der Waals surface area contributed by atoms with Crippen LogP contribution in [0.15, 0.2) is 17.1 Å². The zero-order valence-electron chi connectivity index (χ0n) is 23.8. The number of nitrogens with zero attached hydrogens (tertiary/aromatic N) is 1. The third kappa shape index (κ3) is 18.0. The standard InChI is InChI=1S/C31H56NO4S/c1-2-3-4-5-6-7-8-9-10-11-12-13-14-18-22-34-25-29-24-30(35-26-29)27-36-31(33)19-16-15-17-20-32-21-23-37-28-32/h21,23,28-30H,2-20,22,24-27H2,1H3/q+1/t29-,30-/m0/s1. The molecule has 2 atom stereocenters. The summed E-state index contributed by atoms with van der Waals surface area (Å²) in [6.07, 6.45) is 26.0.